The summed E-state index contributed by atoms with van der Waals surface area (Å²) in [6.45, 7) is 3.54. The Hall–Kier alpha value is -2.67. The minimum absolute atomic E-state index is 0.172. The number of benzene rings is 1. The maximum Gasteiger partial charge on any atom is 0.281 e. The van der Waals surface area contributed by atoms with Crippen LogP contribution < -0.4 is 15.7 Å². The zero-order valence-electron chi connectivity index (χ0n) is 15.4. The highest BCUT2D eigenvalue weighted by Gasteiger charge is 2.21. The number of rotatable bonds is 4. The minimum Gasteiger partial charge on any atom is -0.484 e. The Morgan fingerprint density at radius 3 is 2.74 bits per heavy atom. The summed E-state index contributed by atoms with van der Waals surface area (Å²) in [5.41, 5.74) is 4.65. The van der Waals surface area contributed by atoms with Gasteiger partial charge in [-0.15, -0.1) is 11.3 Å². The Morgan fingerprint density at radius 2 is 1.96 bits per heavy atom. The molecule has 0 radical (unpaired) electrons. The minimum atomic E-state index is -0.397. The van der Waals surface area contributed by atoms with Crippen LogP contribution in [0.25, 0.3) is 10.2 Å². The van der Waals surface area contributed by atoms with E-state index in [2.05, 4.69) is 10.4 Å². The molecule has 7 heteroatoms. The van der Waals surface area contributed by atoms with Gasteiger partial charge in [0.05, 0.1) is 5.39 Å². The molecule has 140 valence electrons. The third-order valence-electron chi connectivity index (χ3n) is 4.78. The molecule has 1 aliphatic carbocycles. The van der Waals surface area contributed by atoms with Gasteiger partial charge < -0.3 is 4.74 Å². The number of nitrogens with zero attached hydrogens (tertiary/aromatic N) is 2. The number of hydrogen-bond acceptors (Lipinski definition) is 5. The van der Waals surface area contributed by atoms with Gasteiger partial charge in [-0.2, -0.15) is 0 Å². The molecule has 27 heavy (non-hydrogen) atoms. The van der Waals surface area contributed by atoms with Gasteiger partial charge in [-0.3, -0.25) is 15.0 Å². The fourth-order valence-electron chi connectivity index (χ4n) is 3.38. The molecule has 2 heterocycles. The van der Waals surface area contributed by atoms with Crippen LogP contribution in [0.5, 0.6) is 5.75 Å². The van der Waals surface area contributed by atoms with Gasteiger partial charge in [-0.25, -0.2) is 9.66 Å². The van der Waals surface area contributed by atoms with E-state index in [0.717, 1.165) is 41.6 Å². The number of fused-ring (bicyclic) bond motifs is 3. The first kappa shape index (κ1) is 17.7. The molecule has 2 aromatic heterocycles. The molecule has 0 aliphatic heterocycles. The van der Waals surface area contributed by atoms with Crippen LogP contribution in [0.2, 0.25) is 0 Å². The summed E-state index contributed by atoms with van der Waals surface area (Å²) in [6, 6.07) is 7.45. The average Bonchev–Trinajstić information content (AvgIpc) is 3.02. The van der Waals surface area contributed by atoms with Crippen LogP contribution in [-0.2, 0) is 17.6 Å². The second kappa shape index (κ2) is 7.15. The van der Waals surface area contributed by atoms with Crippen LogP contribution in [0.3, 0.4) is 0 Å². The largest absolute Gasteiger partial charge is 0.484 e. The van der Waals surface area contributed by atoms with Gasteiger partial charge >= 0.3 is 0 Å². The van der Waals surface area contributed by atoms with Gasteiger partial charge in [-0.1, -0.05) is 17.7 Å². The fraction of sp³-hybridized carbons (Fsp3) is 0.350. The number of amides is 1. The van der Waals surface area contributed by atoms with Crippen LogP contribution in [-0.4, -0.2) is 22.2 Å². The van der Waals surface area contributed by atoms with E-state index >= 15 is 0 Å². The monoisotopic (exact) mass is 383 g/mol. The lowest BCUT2D eigenvalue weighted by Gasteiger charge is -2.13. The van der Waals surface area contributed by atoms with Crippen molar-refractivity contribution >= 4 is 27.5 Å². The smallest absolute Gasteiger partial charge is 0.281 e. The van der Waals surface area contributed by atoms with Gasteiger partial charge in [0.15, 0.2) is 6.61 Å². The van der Waals surface area contributed by atoms with Gasteiger partial charge in [0.2, 0.25) is 0 Å². The third-order valence-corrected chi connectivity index (χ3v) is 5.97. The maximum atomic E-state index is 13.0. The topological polar surface area (TPSA) is 73.2 Å². The molecule has 0 spiro atoms. The molecular formula is C20H21N3O3S. The first-order valence-electron chi connectivity index (χ1n) is 9.06. The van der Waals surface area contributed by atoms with E-state index in [1.54, 1.807) is 18.3 Å². The van der Waals surface area contributed by atoms with E-state index in [1.165, 1.54) is 9.55 Å². The standard InChI is InChI=1S/C20H21N3O3S/c1-12-7-9-14(10-8-12)26-11-17(24)22-23-13(2)21-19-18(20(23)25)15-5-3-4-6-16(15)27-19/h7-10H,3-6,11H2,1-2H3,(H,22,24). The molecule has 4 rings (SSSR count). The predicted octanol–water partition coefficient (Wildman–Crippen LogP) is 3.10. The summed E-state index contributed by atoms with van der Waals surface area (Å²) < 4.78 is 6.73. The number of aryl methyl sites for hydroxylation is 4. The van der Waals surface area contributed by atoms with Crippen molar-refractivity contribution in [3.8, 4) is 5.75 Å². The second-order valence-corrected chi connectivity index (χ2v) is 7.91. The summed E-state index contributed by atoms with van der Waals surface area (Å²) in [5.74, 6) is 0.682. The molecule has 1 aromatic carbocycles. The third kappa shape index (κ3) is 3.47. The highest BCUT2D eigenvalue weighted by molar-refractivity contribution is 7.18. The molecule has 6 nitrogen and oxygen atoms in total. The van der Waals surface area contributed by atoms with Crippen LogP contribution in [0, 0.1) is 13.8 Å². The summed E-state index contributed by atoms with van der Waals surface area (Å²) in [4.78, 5) is 31.9. The molecule has 1 N–H and O–H groups in total. The highest BCUT2D eigenvalue weighted by atomic mass is 32.1. The summed E-state index contributed by atoms with van der Waals surface area (Å²) in [7, 11) is 0. The normalized spacial score (nSPS) is 13.4. The zero-order chi connectivity index (χ0) is 19.0. The number of ether oxygens (including phenoxy) is 1. The molecule has 0 saturated heterocycles. The Balaban J connectivity index is 1.57. The van der Waals surface area contributed by atoms with E-state index in [4.69, 9.17) is 4.74 Å². The van der Waals surface area contributed by atoms with Gasteiger partial charge in [0.1, 0.15) is 16.4 Å². The quantitative estimate of drug-likeness (QED) is 0.751. The SMILES string of the molecule is Cc1ccc(OCC(=O)Nn2c(C)nc3sc4c(c3c2=O)CCCC4)cc1. The van der Waals surface area contributed by atoms with Crippen molar-refractivity contribution in [3.05, 3.63) is 56.4 Å². The first-order valence-corrected chi connectivity index (χ1v) is 9.88. The maximum absolute atomic E-state index is 13.0. The van der Waals surface area contributed by atoms with Crippen LogP contribution >= 0.6 is 11.3 Å². The molecule has 0 fully saturated rings. The molecule has 3 aromatic rings. The van der Waals surface area contributed by atoms with E-state index in [0.29, 0.717) is 17.0 Å². The Morgan fingerprint density at radius 1 is 1.22 bits per heavy atom. The lowest BCUT2D eigenvalue weighted by atomic mass is 9.97. The zero-order valence-corrected chi connectivity index (χ0v) is 16.2. The lowest BCUT2D eigenvalue weighted by molar-refractivity contribution is -0.119. The Kier molecular flexibility index (Phi) is 4.70. The number of nitrogens with one attached hydrogen (secondary N) is 1. The van der Waals surface area contributed by atoms with Crippen molar-refractivity contribution < 1.29 is 9.53 Å². The van der Waals surface area contributed by atoms with Gasteiger partial charge in [-0.05, 0) is 57.2 Å². The fourth-order valence-corrected chi connectivity index (χ4v) is 4.68. The lowest BCUT2D eigenvalue weighted by Crippen LogP contribution is -2.37. The second-order valence-electron chi connectivity index (χ2n) is 6.83. The van der Waals surface area contributed by atoms with Crippen molar-refractivity contribution in [1.82, 2.24) is 9.66 Å². The molecule has 0 bridgehead atoms. The van der Waals surface area contributed by atoms with Gasteiger partial charge in [0, 0.05) is 4.88 Å². The summed E-state index contributed by atoms with van der Waals surface area (Å²) >= 11 is 1.60. The van der Waals surface area contributed by atoms with Crippen LogP contribution in [0.15, 0.2) is 29.1 Å². The molecule has 1 aliphatic rings. The number of carbonyl (C=O) groups is 1. The van der Waals surface area contributed by atoms with Crippen molar-refractivity contribution in [2.75, 3.05) is 12.0 Å². The summed E-state index contributed by atoms with van der Waals surface area (Å²) in [5, 5.41) is 0.653. The molecular weight excluding hydrogens is 362 g/mol. The average molecular weight is 383 g/mol. The van der Waals surface area contributed by atoms with Crippen molar-refractivity contribution in [1.29, 1.82) is 0 Å². The predicted molar refractivity (Wildman–Crippen MR) is 106 cm³/mol. The first-order chi connectivity index (χ1) is 13.0. The van der Waals surface area contributed by atoms with Gasteiger partial charge in [0.25, 0.3) is 11.5 Å². The molecule has 0 unspecified atom stereocenters. The van der Waals surface area contributed by atoms with Crippen molar-refractivity contribution in [2.45, 2.75) is 39.5 Å². The molecule has 0 saturated carbocycles. The van der Waals surface area contributed by atoms with Crippen molar-refractivity contribution in [2.24, 2.45) is 0 Å². The van der Waals surface area contributed by atoms with E-state index < -0.39 is 5.91 Å². The Labute approximate surface area is 160 Å². The number of aromatic nitrogens is 2. The number of thiophene rings is 1. The highest BCUT2D eigenvalue weighted by Crippen LogP contribution is 2.33. The Bertz CT molecular complexity index is 1070. The van der Waals surface area contributed by atoms with E-state index in [1.807, 2.05) is 31.2 Å². The number of hydrogen-bond donors (Lipinski definition) is 1. The van der Waals surface area contributed by atoms with Crippen LogP contribution in [0.1, 0.15) is 34.7 Å². The molecule has 0 atom stereocenters. The van der Waals surface area contributed by atoms with Crippen LogP contribution in [0.4, 0.5) is 0 Å². The molecule has 1 amide bonds. The summed E-state index contributed by atoms with van der Waals surface area (Å²) in [6.07, 6.45) is 4.15. The van der Waals surface area contributed by atoms with E-state index in [9.17, 15) is 9.59 Å². The number of carbonyl (C=O) groups excluding carboxylic acids is 1. The van der Waals surface area contributed by atoms with E-state index in [-0.39, 0.29) is 12.2 Å². The van der Waals surface area contributed by atoms with Crippen molar-refractivity contribution in [3.63, 3.8) is 0 Å².